The summed E-state index contributed by atoms with van der Waals surface area (Å²) in [6.45, 7) is 1.11. The van der Waals surface area contributed by atoms with E-state index in [0.29, 0.717) is 40.9 Å². The molecule has 0 bridgehead atoms. The minimum absolute atomic E-state index is 0.347. The largest absolute Gasteiger partial charge is 0.489 e. The Morgan fingerprint density at radius 1 is 1.21 bits per heavy atom. The van der Waals surface area contributed by atoms with Gasteiger partial charge in [0.25, 0.3) is 5.91 Å². The number of carbonyl (C=O) groups is 1. The quantitative estimate of drug-likeness (QED) is 0.534. The molecule has 2 aromatic carbocycles. The number of hydrogen-bond donors (Lipinski definition) is 1. The zero-order valence-electron chi connectivity index (χ0n) is 14.6. The van der Waals surface area contributed by atoms with E-state index in [2.05, 4.69) is 26.1 Å². The summed E-state index contributed by atoms with van der Waals surface area (Å²) in [5.41, 5.74) is 4.36. The summed E-state index contributed by atoms with van der Waals surface area (Å²) >= 11 is 6.24. The molecule has 0 saturated heterocycles. The van der Waals surface area contributed by atoms with Crippen molar-refractivity contribution in [3.05, 3.63) is 58.9 Å². The number of fused-ring (bicyclic) bond motifs is 1. The van der Waals surface area contributed by atoms with Crippen LogP contribution in [0.2, 0.25) is 5.02 Å². The molecule has 0 atom stereocenters. The predicted octanol–water partition coefficient (Wildman–Crippen LogP) is 2.24. The van der Waals surface area contributed by atoms with E-state index in [1.807, 2.05) is 0 Å². The lowest BCUT2D eigenvalue weighted by Gasteiger charge is -2.09. The highest BCUT2D eigenvalue weighted by Crippen LogP contribution is 2.37. The maximum absolute atomic E-state index is 12.2. The number of carbonyl (C=O) groups excluding carboxylic acids is 1. The van der Waals surface area contributed by atoms with Crippen LogP contribution in [0, 0.1) is 0 Å². The zero-order chi connectivity index (χ0) is 19.3. The molecule has 1 aliphatic rings. The van der Waals surface area contributed by atoms with Crippen molar-refractivity contribution >= 4 is 23.7 Å². The molecule has 0 radical (unpaired) electrons. The van der Waals surface area contributed by atoms with Gasteiger partial charge in [0.1, 0.15) is 6.33 Å². The molecule has 10 heteroatoms. The van der Waals surface area contributed by atoms with Crippen LogP contribution in [-0.4, -0.2) is 45.5 Å². The fourth-order valence-electron chi connectivity index (χ4n) is 2.60. The number of nitrogens with zero attached hydrogens (tertiary/aromatic N) is 5. The fraction of sp³-hybridized carbons (Fsp3) is 0.167. The first kappa shape index (κ1) is 17.9. The van der Waals surface area contributed by atoms with Gasteiger partial charge in [0.05, 0.1) is 30.1 Å². The lowest BCUT2D eigenvalue weighted by Crippen LogP contribution is -2.17. The smallest absolute Gasteiger partial charge is 0.271 e. The molecular formula is C18H15ClN6O3. The maximum atomic E-state index is 12.2. The molecule has 4 rings (SSSR count). The second kappa shape index (κ2) is 8.05. The molecule has 0 aliphatic carbocycles. The van der Waals surface area contributed by atoms with E-state index in [1.54, 1.807) is 36.4 Å². The van der Waals surface area contributed by atoms with Gasteiger partial charge in [0.2, 0.25) is 0 Å². The second-order valence-corrected chi connectivity index (χ2v) is 6.29. The molecule has 28 heavy (non-hydrogen) atoms. The summed E-state index contributed by atoms with van der Waals surface area (Å²) in [5, 5.41) is 15.4. The van der Waals surface area contributed by atoms with Crippen molar-refractivity contribution in [2.75, 3.05) is 13.2 Å². The van der Waals surface area contributed by atoms with E-state index < -0.39 is 0 Å². The third kappa shape index (κ3) is 3.94. The minimum Gasteiger partial charge on any atom is -0.489 e. The number of hydrogen-bond acceptors (Lipinski definition) is 7. The van der Waals surface area contributed by atoms with Crippen molar-refractivity contribution in [1.82, 2.24) is 25.6 Å². The summed E-state index contributed by atoms with van der Waals surface area (Å²) in [7, 11) is 0. The minimum atomic E-state index is -0.347. The summed E-state index contributed by atoms with van der Waals surface area (Å²) < 4.78 is 12.7. The number of benzene rings is 2. The summed E-state index contributed by atoms with van der Waals surface area (Å²) in [6, 6.07) is 10.3. The number of halogens is 1. The number of rotatable bonds is 4. The van der Waals surface area contributed by atoms with Crippen molar-refractivity contribution in [3.63, 3.8) is 0 Å². The van der Waals surface area contributed by atoms with Gasteiger partial charge in [-0.2, -0.15) is 5.10 Å². The Hall–Kier alpha value is -3.46. The summed E-state index contributed by atoms with van der Waals surface area (Å²) in [6.07, 6.45) is 3.75. The molecule has 0 fully saturated rings. The monoisotopic (exact) mass is 398 g/mol. The molecule has 1 amide bonds. The van der Waals surface area contributed by atoms with Crippen molar-refractivity contribution in [2.45, 2.75) is 6.42 Å². The van der Waals surface area contributed by atoms with E-state index in [0.717, 1.165) is 12.1 Å². The molecule has 0 unspecified atom stereocenters. The third-order valence-corrected chi connectivity index (χ3v) is 4.23. The van der Waals surface area contributed by atoms with Gasteiger partial charge in [-0.3, -0.25) is 4.79 Å². The fourth-order valence-corrected chi connectivity index (χ4v) is 2.87. The molecule has 2 heterocycles. The molecule has 142 valence electrons. The van der Waals surface area contributed by atoms with E-state index in [4.69, 9.17) is 21.1 Å². The zero-order valence-corrected chi connectivity index (χ0v) is 15.3. The van der Waals surface area contributed by atoms with Crippen LogP contribution in [0.3, 0.4) is 0 Å². The van der Waals surface area contributed by atoms with E-state index in [9.17, 15) is 4.79 Å². The van der Waals surface area contributed by atoms with Gasteiger partial charge in [0.15, 0.2) is 11.5 Å². The van der Waals surface area contributed by atoms with E-state index >= 15 is 0 Å². The normalized spacial score (nSPS) is 13.3. The van der Waals surface area contributed by atoms with Gasteiger partial charge >= 0.3 is 0 Å². The Balaban J connectivity index is 1.42. The van der Waals surface area contributed by atoms with Crippen molar-refractivity contribution in [3.8, 4) is 17.2 Å². The summed E-state index contributed by atoms with van der Waals surface area (Å²) in [5.74, 6) is 0.749. The molecule has 3 aromatic rings. The maximum Gasteiger partial charge on any atom is 0.271 e. The van der Waals surface area contributed by atoms with Gasteiger partial charge in [-0.1, -0.05) is 11.6 Å². The third-order valence-electron chi connectivity index (χ3n) is 3.95. The second-order valence-electron chi connectivity index (χ2n) is 5.88. The number of tetrazole rings is 1. The van der Waals surface area contributed by atoms with Crippen LogP contribution in [-0.2, 0) is 0 Å². The number of ether oxygens (including phenoxy) is 2. The molecule has 1 aliphatic heterocycles. The van der Waals surface area contributed by atoms with Gasteiger partial charge in [0, 0.05) is 12.0 Å². The highest BCUT2D eigenvalue weighted by Gasteiger charge is 2.15. The average molecular weight is 399 g/mol. The first-order chi connectivity index (χ1) is 13.7. The van der Waals surface area contributed by atoms with Crippen molar-refractivity contribution in [1.29, 1.82) is 0 Å². The van der Waals surface area contributed by atoms with Gasteiger partial charge < -0.3 is 9.47 Å². The SMILES string of the molecule is O=C(N/N=C\c1cc(Cl)c2c(c1)OCCCO2)c1ccc(-n2cnnn2)cc1. The standard InChI is InChI=1S/C18H15ClN6O3/c19-15-8-12(9-16-17(15)28-7-1-6-27-16)10-20-22-18(26)13-2-4-14(5-3-13)25-11-21-23-24-25/h2-5,8-11H,1,6-7H2,(H,22,26)/b20-10-. The van der Waals surface area contributed by atoms with Crippen LogP contribution in [0.25, 0.3) is 5.69 Å². The van der Waals surface area contributed by atoms with Gasteiger partial charge in [-0.05, 0) is 52.4 Å². The van der Waals surface area contributed by atoms with Crippen molar-refractivity contribution in [2.24, 2.45) is 5.10 Å². The van der Waals surface area contributed by atoms with Crippen LogP contribution < -0.4 is 14.9 Å². The molecule has 9 nitrogen and oxygen atoms in total. The van der Waals surface area contributed by atoms with Gasteiger partial charge in [-0.15, -0.1) is 5.10 Å². The highest BCUT2D eigenvalue weighted by atomic mass is 35.5. The Kier molecular flexibility index (Phi) is 5.16. The lowest BCUT2D eigenvalue weighted by atomic mass is 10.2. The molecule has 1 N–H and O–H groups in total. The average Bonchev–Trinajstić information content (AvgIpc) is 3.14. The topological polar surface area (TPSA) is 104 Å². The first-order valence-electron chi connectivity index (χ1n) is 8.47. The lowest BCUT2D eigenvalue weighted by molar-refractivity contribution is 0.0955. The Bertz CT molecular complexity index is 1000. The Labute approximate surface area is 164 Å². The van der Waals surface area contributed by atoms with Crippen LogP contribution in [0.1, 0.15) is 22.3 Å². The van der Waals surface area contributed by atoms with Crippen LogP contribution in [0.5, 0.6) is 11.5 Å². The number of aromatic nitrogens is 4. The summed E-state index contributed by atoms with van der Waals surface area (Å²) in [4.78, 5) is 12.2. The first-order valence-corrected chi connectivity index (χ1v) is 8.84. The van der Waals surface area contributed by atoms with Crippen molar-refractivity contribution < 1.29 is 14.3 Å². The van der Waals surface area contributed by atoms with Crippen LogP contribution in [0.4, 0.5) is 0 Å². The molecule has 0 spiro atoms. The van der Waals surface area contributed by atoms with E-state index in [-0.39, 0.29) is 5.91 Å². The number of nitrogens with one attached hydrogen (secondary N) is 1. The van der Waals surface area contributed by atoms with Crippen LogP contribution in [0.15, 0.2) is 47.8 Å². The number of amides is 1. The molecule has 1 aromatic heterocycles. The Morgan fingerprint density at radius 3 is 2.82 bits per heavy atom. The van der Waals surface area contributed by atoms with Crippen LogP contribution >= 0.6 is 11.6 Å². The molecular weight excluding hydrogens is 384 g/mol. The number of hydrazone groups is 1. The van der Waals surface area contributed by atoms with Gasteiger partial charge in [-0.25, -0.2) is 10.1 Å². The molecule has 0 saturated carbocycles. The highest BCUT2D eigenvalue weighted by molar-refractivity contribution is 6.32. The Morgan fingerprint density at radius 2 is 2.04 bits per heavy atom. The van der Waals surface area contributed by atoms with E-state index in [1.165, 1.54) is 17.2 Å². The predicted molar refractivity (Wildman–Crippen MR) is 101 cm³/mol.